The molecule has 1 N–H and O–H groups in total. The average Bonchev–Trinajstić information content (AvgIpc) is 3.32. The van der Waals surface area contributed by atoms with Crippen LogP contribution in [-0.4, -0.2) is 5.91 Å². The number of hydrogen-bond donors (Lipinski definition) is 1. The molecule has 0 spiro atoms. The van der Waals surface area contributed by atoms with Gasteiger partial charge in [0.1, 0.15) is 5.82 Å². The number of halogens is 3. The molecule has 5 heteroatoms. The van der Waals surface area contributed by atoms with Crippen LogP contribution in [0.2, 0.25) is 0 Å². The summed E-state index contributed by atoms with van der Waals surface area (Å²) in [4.78, 5) is 12.4. The summed E-state index contributed by atoms with van der Waals surface area (Å²) in [6.07, 6.45) is 1.42. The third kappa shape index (κ3) is 2.58. The topological polar surface area (TPSA) is 29.1 Å². The minimum Gasteiger partial charge on any atom is -0.351 e. The first-order chi connectivity index (χ1) is 10.5. The van der Waals surface area contributed by atoms with E-state index in [9.17, 15) is 18.0 Å². The second kappa shape index (κ2) is 5.48. The van der Waals surface area contributed by atoms with Crippen molar-refractivity contribution >= 4 is 5.91 Å². The highest BCUT2D eigenvalue weighted by Gasteiger charge is 2.50. The van der Waals surface area contributed by atoms with Crippen LogP contribution in [0, 0.1) is 17.5 Å². The third-order valence-corrected chi connectivity index (χ3v) is 4.02. The molecule has 2 aromatic rings. The monoisotopic (exact) mass is 305 g/mol. The van der Waals surface area contributed by atoms with Crippen LogP contribution in [0.4, 0.5) is 13.2 Å². The highest BCUT2D eigenvalue weighted by atomic mass is 19.2. The summed E-state index contributed by atoms with van der Waals surface area (Å²) in [6.45, 7) is -0.242. The zero-order valence-corrected chi connectivity index (χ0v) is 11.7. The fraction of sp³-hybridized carbons (Fsp3) is 0.235. The summed E-state index contributed by atoms with van der Waals surface area (Å²) >= 11 is 0. The molecule has 1 amide bonds. The molecule has 0 saturated heterocycles. The SMILES string of the molecule is O=C(NCc1cc(F)cc(F)c1F)C1(c2ccccc2)CC1. The van der Waals surface area contributed by atoms with Crippen molar-refractivity contribution < 1.29 is 18.0 Å². The largest absolute Gasteiger partial charge is 0.351 e. The minimum absolute atomic E-state index is 0.199. The fourth-order valence-corrected chi connectivity index (χ4v) is 2.61. The molecule has 2 nitrogen and oxygen atoms in total. The summed E-state index contributed by atoms with van der Waals surface area (Å²) in [5, 5.41) is 2.58. The summed E-state index contributed by atoms with van der Waals surface area (Å²) in [5.74, 6) is -3.50. The summed E-state index contributed by atoms with van der Waals surface area (Å²) in [7, 11) is 0. The van der Waals surface area contributed by atoms with E-state index >= 15 is 0 Å². The van der Waals surface area contributed by atoms with Gasteiger partial charge in [0.05, 0.1) is 5.41 Å². The molecule has 22 heavy (non-hydrogen) atoms. The van der Waals surface area contributed by atoms with Crippen LogP contribution in [0.25, 0.3) is 0 Å². The van der Waals surface area contributed by atoms with Crippen molar-refractivity contribution in [1.29, 1.82) is 0 Å². The first-order valence-electron chi connectivity index (χ1n) is 7.00. The van der Waals surface area contributed by atoms with Gasteiger partial charge in [-0.05, 0) is 24.5 Å². The number of rotatable bonds is 4. The Bertz CT molecular complexity index is 711. The number of hydrogen-bond acceptors (Lipinski definition) is 1. The molecule has 0 bridgehead atoms. The number of nitrogens with one attached hydrogen (secondary N) is 1. The van der Waals surface area contributed by atoms with Crippen molar-refractivity contribution in [3.05, 3.63) is 71.0 Å². The van der Waals surface area contributed by atoms with Gasteiger partial charge in [0.25, 0.3) is 0 Å². The van der Waals surface area contributed by atoms with Crippen LogP contribution in [-0.2, 0) is 16.8 Å². The Labute approximate surface area is 126 Å². The smallest absolute Gasteiger partial charge is 0.230 e. The molecule has 0 unspecified atom stereocenters. The van der Waals surface area contributed by atoms with E-state index in [0.717, 1.165) is 11.6 Å². The molecule has 0 radical (unpaired) electrons. The zero-order chi connectivity index (χ0) is 15.7. The Morgan fingerprint density at radius 3 is 2.41 bits per heavy atom. The normalized spacial score (nSPS) is 15.4. The van der Waals surface area contributed by atoms with Crippen molar-refractivity contribution in [2.24, 2.45) is 0 Å². The van der Waals surface area contributed by atoms with Gasteiger partial charge >= 0.3 is 0 Å². The van der Waals surface area contributed by atoms with Gasteiger partial charge in [-0.1, -0.05) is 30.3 Å². The second-order valence-electron chi connectivity index (χ2n) is 5.49. The zero-order valence-electron chi connectivity index (χ0n) is 11.7. The maximum atomic E-state index is 13.6. The quantitative estimate of drug-likeness (QED) is 0.861. The minimum atomic E-state index is -1.26. The fourth-order valence-electron chi connectivity index (χ4n) is 2.61. The van der Waals surface area contributed by atoms with Crippen molar-refractivity contribution in [2.45, 2.75) is 24.8 Å². The Balaban J connectivity index is 1.74. The number of carbonyl (C=O) groups excluding carboxylic acids is 1. The summed E-state index contributed by atoms with van der Waals surface area (Å²) < 4.78 is 39.8. The molecular weight excluding hydrogens is 291 g/mol. The number of carbonyl (C=O) groups is 1. The molecule has 2 aromatic carbocycles. The Morgan fingerprint density at radius 1 is 1.09 bits per heavy atom. The molecule has 0 aliphatic heterocycles. The Kier molecular flexibility index (Phi) is 3.64. The van der Waals surface area contributed by atoms with E-state index in [1.54, 1.807) is 0 Å². The summed E-state index contributed by atoms with van der Waals surface area (Å²) in [5.41, 5.74) is 0.108. The van der Waals surface area contributed by atoms with Crippen molar-refractivity contribution in [2.75, 3.05) is 0 Å². The standard InChI is InChI=1S/C17H14F3NO/c18-13-8-11(15(20)14(19)9-13)10-21-16(22)17(6-7-17)12-4-2-1-3-5-12/h1-5,8-9H,6-7,10H2,(H,21,22). The lowest BCUT2D eigenvalue weighted by molar-refractivity contribution is -0.123. The van der Waals surface area contributed by atoms with Gasteiger partial charge in [0.2, 0.25) is 5.91 Å². The van der Waals surface area contributed by atoms with Crippen LogP contribution in [0.3, 0.4) is 0 Å². The Morgan fingerprint density at radius 2 is 1.77 bits per heavy atom. The first-order valence-corrected chi connectivity index (χ1v) is 7.00. The molecule has 1 saturated carbocycles. The van der Waals surface area contributed by atoms with Crippen molar-refractivity contribution in [1.82, 2.24) is 5.32 Å². The van der Waals surface area contributed by atoms with Gasteiger partial charge in [-0.15, -0.1) is 0 Å². The van der Waals surface area contributed by atoms with E-state index < -0.39 is 22.9 Å². The van der Waals surface area contributed by atoms with Crippen LogP contribution >= 0.6 is 0 Å². The van der Waals surface area contributed by atoms with Gasteiger partial charge in [0.15, 0.2) is 11.6 Å². The van der Waals surface area contributed by atoms with E-state index in [4.69, 9.17) is 0 Å². The van der Waals surface area contributed by atoms with E-state index in [1.165, 1.54) is 0 Å². The molecule has 1 aliphatic rings. The molecular formula is C17H14F3NO. The highest BCUT2D eigenvalue weighted by molar-refractivity contribution is 5.91. The lowest BCUT2D eigenvalue weighted by Crippen LogP contribution is -2.34. The van der Waals surface area contributed by atoms with Crippen LogP contribution < -0.4 is 5.32 Å². The van der Waals surface area contributed by atoms with Crippen molar-refractivity contribution in [3.8, 4) is 0 Å². The third-order valence-electron chi connectivity index (χ3n) is 4.02. The summed E-state index contributed by atoms with van der Waals surface area (Å²) in [6, 6.07) is 10.7. The van der Waals surface area contributed by atoms with E-state index in [2.05, 4.69) is 5.32 Å². The molecule has 0 aromatic heterocycles. The van der Waals surface area contributed by atoms with Gasteiger partial charge in [0, 0.05) is 18.2 Å². The van der Waals surface area contributed by atoms with Crippen LogP contribution in [0.15, 0.2) is 42.5 Å². The Hall–Kier alpha value is -2.30. The maximum Gasteiger partial charge on any atom is 0.230 e. The molecule has 3 rings (SSSR count). The van der Waals surface area contributed by atoms with Crippen LogP contribution in [0.1, 0.15) is 24.0 Å². The van der Waals surface area contributed by atoms with Gasteiger partial charge in [-0.3, -0.25) is 4.79 Å². The highest BCUT2D eigenvalue weighted by Crippen LogP contribution is 2.48. The molecule has 0 atom stereocenters. The average molecular weight is 305 g/mol. The molecule has 0 heterocycles. The molecule has 1 aliphatic carbocycles. The lowest BCUT2D eigenvalue weighted by Gasteiger charge is -2.16. The van der Waals surface area contributed by atoms with E-state index in [-0.39, 0.29) is 18.0 Å². The predicted octanol–water partition coefficient (Wildman–Crippen LogP) is 3.45. The lowest BCUT2D eigenvalue weighted by atomic mass is 9.95. The number of amides is 1. The van der Waals surface area contributed by atoms with Gasteiger partial charge in [-0.25, -0.2) is 13.2 Å². The van der Waals surface area contributed by atoms with Crippen molar-refractivity contribution in [3.63, 3.8) is 0 Å². The maximum absolute atomic E-state index is 13.6. The second-order valence-corrected chi connectivity index (χ2v) is 5.49. The first kappa shape index (κ1) is 14.6. The van der Waals surface area contributed by atoms with Crippen LogP contribution in [0.5, 0.6) is 0 Å². The number of benzene rings is 2. The molecule has 1 fully saturated rings. The van der Waals surface area contributed by atoms with E-state index in [1.807, 2.05) is 30.3 Å². The molecule has 114 valence electrons. The van der Waals surface area contributed by atoms with Gasteiger partial charge in [-0.2, -0.15) is 0 Å². The predicted molar refractivity (Wildman–Crippen MR) is 75.5 cm³/mol. The van der Waals surface area contributed by atoms with Gasteiger partial charge < -0.3 is 5.32 Å². The van der Waals surface area contributed by atoms with E-state index in [0.29, 0.717) is 18.9 Å².